The normalized spacial score (nSPS) is 22.8. The fourth-order valence-corrected chi connectivity index (χ4v) is 2.46. The number of fused-ring (bicyclic) bond motifs is 3. The minimum absolute atomic E-state index is 0.0516. The Bertz CT molecular complexity index is 494. The monoisotopic (exact) mass is 255 g/mol. The van der Waals surface area contributed by atoms with E-state index in [1.807, 2.05) is 4.90 Å². The van der Waals surface area contributed by atoms with Gasteiger partial charge in [0, 0.05) is 19.6 Å². The molecule has 2 aliphatic rings. The van der Waals surface area contributed by atoms with Gasteiger partial charge in [0.25, 0.3) is 5.91 Å². The molecule has 1 saturated heterocycles. The second kappa shape index (κ2) is 3.85. The fraction of sp³-hybridized carbons (Fsp3) is 0.364. The van der Waals surface area contributed by atoms with Crippen LogP contribution in [0.1, 0.15) is 10.4 Å². The number of carbonyl (C=O) groups excluding carboxylic acids is 1. The predicted molar refractivity (Wildman–Crippen MR) is 62.9 cm³/mol. The van der Waals surface area contributed by atoms with E-state index in [0.717, 1.165) is 13.1 Å². The number of rotatable bonds is 0. The van der Waals surface area contributed by atoms with Crippen LogP contribution in [0.25, 0.3) is 0 Å². The van der Waals surface area contributed by atoms with E-state index in [2.05, 4.69) is 10.6 Å². The molecule has 0 spiro atoms. The van der Waals surface area contributed by atoms with Gasteiger partial charge in [0.1, 0.15) is 12.0 Å². The second-order valence-corrected chi connectivity index (χ2v) is 4.58. The summed E-state index contributed by atoms with van der Waals surface area (Å²) in [5, 5.41) is 6.09. The van der Waals surface area contributed by atoms with Crippen LogP contribution >= 0.6 is 11.6 Å². The number of hydrogen-bond acceptors (Lipinski definition) is 3. The van der Waals surface area contributed by atoms with Crippen molar-refractivity contribution in [1.29, 1.82) is 0 Å². The maximum absolute atomic E-state index is 13.4. The van der Waals surface area contributed by atoms with Gasteiger partial charge >= 0.3 is 0 Å². The maximum atomic E-state index is 13.4. The highest BCUT2D eigenvalue weighted by Crippen LogP contribution is 2.31. The molecule has 2 heterocycles. The molecule has 1 aromatic carbocycles. The van der Waals surface area contributed by atoms with Crippen LogP contribution in [0.3, 0.4) is 0 Å². The lowest BCUT2D eigenvalue weighted by Gasteiger charge is -2.42. The van der Waals surface area contributed by atoms with Crippen molar-refractivity contribution in [3.8, 4) is 0 Å². The van der Waals surface area contributed by atoms with Gasteiger partial charge in [-0.25, -0.2) is 4.39 Å². The van der Waals surface area contributed by atoms with Crippen LogP contribution in [-0.4, -0.2) is 31.7 Å². The molecule has 1 aromatic rings. The van der Waals surface area contributed by atoms with E-state index >= 15 is 0 Å². The van der Waals surface area contributed by atoms with Crippen LogP contribution in [0.2, 0.25) is 5.02 Å². The Morgan fingerprint density at radius 3 is 3.12 bits per heavy atom. The number of carbonyl (C=O) groups is 1. The number of halogens is 2. The largest absolute Gasteiger partial charge is 0.348 e. The van der Waals surface area contributed by atoms with Crippen molar-refractivity contribution in [3.05, 3.63) is 28.5 Å². The summed E-state index contributed by atoms with van der Waals surface area (Å²) in [6, 6.07) is 2.73. The van der Waals surface area contributed by atoms with Gasteiger partial charge < -0.3 is 15.5 Å². The zero-order valence-corrected chi connectivity index (χ0v) is 9.72. The first-order valence-electron chi connectivity index (χ1n) is 5.44. The summed E-state index contributed by atoms with van der Waals surface area (Å²) in [5.41, 5.74) is 1.07. The van der Waals surface area contributed by atoms with Crippen molar-refractivity contribution < 1.29 is 9.18 Å². The molecule has 4 nitrogen and oxygen atoms in total. The van der Waals surface area contributed by atoms with Crippen LogP contribution in [0, 0.1) is 5.82 Å². The number of anilines is 1. The minimum atomic E-state index is -0.561. The van der Waals surface area contributed by atoms with Crippen LogP contribution in [0.15, 0.2) is 12.1 Å². The Hall–Kier alpha value is -1.33. The standard InChI is InChI=1S/C11H11ClFN3O/c12-7-4-9-6(3-8(7)13)11(17)15-10-5-14-1-2-16(9)10/h3-4,10,14H,1-2,5H2,(H,15,17). The lowest BCUT2D eigenvalue weighted by Crippen LogP contribution is -2.62. The molecule has 0 radical (unpaired) electrons. The van der Waals surface area contributed by atoms with E-state index in [-0.39, 0.29) is 17.1 Å². The summed E-state index contributed by atoms with van der Waals surface area (Å²) in [5.74, 6) is -0.810. The zero-order chi connectivity index (χ0) is 12.0. The molecule has 3 rings (SSSR count). The van der Waals surface area contributed by atoms with Crippen LogP contribution < -0.4 is 15.5 Å². The molecule has 1 unspecified atom stereocenters. The molecule has 0 saturated carbocycles. The van der Waals surface area contributed by atoms with Gasteiger partial charge in [-0.15, -0.1) is 0 Å². The summed E-state index contributed by atoms with van der Waals surface area (Å²) < 4.78 is 13.4. The van der Waals surface area contributed by atoms with Gasteiger partial charge in [-0.2, -0.15) is 0 Å². The summed E-state index contributed by atoms with van der Waals surface area (Å²) in [6.45, 7) is 2.28. The molecule has 0 bridgehead atoms. The summed E-state index contributed by atoms with van der Waals surface area (Å²) >= 11 is 5.78. The van der Waals surface area contributed by atoms with Gasteiger partial charge in [-0.3, -0.25) is 4.79 Å². The Balaban J connectivity index is 2.12. The van der Waals surface area contributed by atoms with Crippen LogP contribution in [0.4, 0.5) is 10.1 Å². The smallest absolute Gasteiger partial charge is 0.255 e. The van der Waals surface area contributed by atoms with Crippen molar-refractivity contribution >= 4 is 23.2 Å². The number of nitrogens with zero attached hydrogens (tertiary/aromatic N) is 1. The third-order valence-corrected chi connectivity index (χ3v) is 3.42. The third-order valence-electron chi connectivity index (χ3n) is 3.13. The van der Waals surface area contributed by atoms with E-state index < -0.39 is 5.82 Å². The van der Waals surface area contributed by atoms with Crippen LogP contribution in [-0.2, 0) is 0 Å². The SMILES string of the molecule is O=C1NC2CNCCN2c2cc(Cl)c(F)cc21. The first kappa shape index (κ1) is 10.8. The zero-order valence-electron chi connectivity index (χ0n) is 8.96. The second-order valence-electron chi connectivity index (χ2n) is 4.17. The van der Waals surface area contributed by atoms with Gasteiger partial charge in [0.2, 0.25) is 0 Å². The molecule has 90 valence electrons. The predicted octanol–water partition coefficient (Wildman–Crippen LogP) is 0.958. The average molecular weight is 256 g/mol. The molecule has 17 heavy (non-hydrogen) atoms. The van der Waals surface area contributed by atoms with E-state index in [1.54, 1.807) is 0 Å². The van der Waals surface area contributed by atoms with E-state index in [1.165, 1.54) is 12.1 Å². The van der Waals surface area contributed by atoms with Gasteiger partial charge in [0.15, 0.2) is 0 Å². The van der Waals surface area contributed by atoms with Crippen molar-refractivity contribution in [2.45, 2.75) is 6.17 Å². The van der Waals surface area contributed by atoms with Crippen molar-refractivity contribution in [3.63, 3.8) is 0 Å². The fourth-order valence-electron chi connectivity index (χ4n) is 2.31. The van der Waals surface area contributed by atoms with Gasteiger partial charge in [0.05, 0.1) is 16.3 Å². The molecule has 0 aliphatic carbocycles. The summed E-state index contributed by atoms with van der Waals surface area (Å²) in [7, 11) is 0. The third kappa shape index (κ3) is 1.66. The van der Waals surface area contributed by atoms with Crippen molar-refractivity contribution in [2.75, 3.05) is 24.5 Å². The number of piperazine rings is 1. The molecule has 1 fully saturated rings. The summed E-state index contributed by atoms with van der Waals surface area (Å²) in [4.78, 5) is 13.9. The first-order chi connectivity index (χ1) is 8.16. The maximum Gasteiger partial charge on any atom is 0.255 e. The lowest BCUT2D eigenvalue weighted by molar-refractivity contribution is 0.0922. The molecular weight excluding hydrogens is 245 g/mol. The highest BCUT2D eigenvalue weighted by Gasteiger charge is 2.33. The quantitative estimate of drug-likeness (QED) is 0.726. The molecule has 1 amide bonds. The molecule has 6 heteroatoms. The van der Waals surface area contributed by atoms with Gasteiger partial charge in [-0.05, 0) is 12.1 Å². The Morgan fingerprint density at radius 1 is 1.47 bits per heavy atom. The highest BCUT2D eigenvalue weighted by atomic mass is 35.5. The first-order valence-corrected chi connectivity index (χ1v) is 5.82. The van der Waals surface area contributed by atoms with E-state index in [0.29, 0.717) is 17.8 Å². The Labute approximate surface area is 103 Å². The minimum Gasteiger partial charge on any atom is -0.348 e. The molecule has 0 aromatic heterocycles. The lowest BCUT2D eigenvalue weighted by atomic mass is 10.1. The number of amides is 1. The number of hydrogen-bond donors (Lipinski definition) is 2. The highest BCUT2D eigenvalue weighted by molar-refractivity contribution is 6.31. The Kier molecular flexibility index (Phi) is 2.45. The number of nitrogens with one attached hydrogen (secondary N) is 2. The average Bonchev–Trinajstić information content (AvgIpc) is 2.32. The number of benzene rings is 1. The van der Waals surface area contributed by atoms with E-state index in [4.69, 9.17) is 11.6 Å². The molecule has 2 N–H and O–H groups in total. The van der Waals surface area contributed by atoms with Crippen molar-refractivity contribution in [1.82, 2.24) is 10.6 Å². The summed E-state index contributed by atoms with van der Waals surface area (Å²) in [6.07, 6.45) is -0.0784. The van der Waals surface area contributed by atoms with E-state index in [9.17, 15) is 9.18 Å². The van der Waals surface area contributed by atoms with Gasteiger partial charge in [-0.1, -0.05) is 11.6 Å². The topological polar surface area (TPSA) is 44.4 Å². The van der Waals surface area contributed by atoms with Crippen LogP contribution in [0.5, 0.6) is 0 Å². The molecule has 1 atom stereocenters. The molecular formula is C11H11ClFN3O. The van der Waals surface area contributed by atoms with Crippen molar-refractivity contribution in [2.24, 2.45) is 0 Å². The Morgan fingerprint density at radius 2 is 2.29 bits per heavy atom. The molecule has 2 aliphatic heterocycles.